The van der Waals surface area contributed by atoms with Crippen molar-refractivity contribution in [3.8, 4) is 11.3 Å². The van der Waals surface area contributed by atoms with Gasteiger partial charge in [0.15, 0.2) is 0 Å². The van der Waals surface area contributed by atoms with E-state index in [2.05, 4.69) is 9.97 Å². The van der Waals surface area contributed by atoms with Gasteiger partial charge in [0.25, 0.3) is 0 Å². The van der Waals surface area contributed by atoms with Crippen LogP contribution in [0.5, 0.6) is 0 Å². The summed E-state index contributed by atoms with van der Waals surface area (Å²) in [5, 5.41) is 0.344. The van der Waals surface area contributed by atoms with Crippen LogP contribution in [0.15, 0.2) is 18.2 Å². The number of halogens is 2. The third-order valence-electron chi connectivity index (χ3n) is 2.75. The van der Waals surface area contributed by atoms with Crippen LogP contribution in [0.4, 0.5) is 4.39 Å². The minimum absolute atomic E-state index is 0.274. The zero-order chi connectivity index (χ0) is 13.3. The molecule has 2 aromatic rings. The average Bonchev–Trinajstić information content (AvgIpc) is 2.26. The van der Waals surface area contributed by atoms with Crippen LogP contribution in [-0.4, -0.2) is 9.97 Å². The minimum atomic E-state index is -0.274. The number of nitrogens with zero attached hydrogens (tertiary/aromatic N) is 2. The van der Waals surface area contributed by atoms with E-state index in [-0.39, 0.29) is 5.82 Å². The molecule has 94 valence electrons. The zero-order valence-electron chi connectivity index (χ0n) is 10.6. The summed E-state index contributed by atoms with van der Waals surface area (Å²) in [5.74, 6) is 0.348. The fourth-order valence-electron chi connectivity index (χ4n) is 1.99. The Hall–Kier alpha value is -1.48. The highest BCUT2D eigenvalue weighted by atomic mass is 35.5. The molecular weight excluding hydrogens is 251 g/mol. The Labute approximate surface area is 111 Å². The predicted octanol–water partition coefficient (Wildman–Crippen LogP) is 4.12. The number of benzene rings is 1. The van der Waals surface area contributed by atoms with Gasteiger partial charge in [-0.2, -0.15) is 0 Å². The van der Waals surface area contributed by atoms with Gasteiger partial charge in [-0.05, 0) is 31.0 Å². The van der Waals surface area contributed by atoms with Gasteiger partial charge in [-0.25, -0.2) is 14.4 Å². The lowest BCUT2D eigenvalue weighted by molar-refractivity contribution is 0.628. The van der Waals surface area contributed by atoms with Crippen molar-refractivity contribution in [1.82, 2.24) is 9.97 Å². The largest absolute Gasteiger partial charge is 0.233 e. The van der Waals surface area contributed by atoms with E-state index in [1.165, 1.54) is 6.07 Å². The molecule has 0 bridgehead atoms. The van der Waals surface area contributed by atoms with Crippen LogP contribution >= 0.6 is 11.6 Å². The second-order valence-electron chi connectivity index (χ2n) is 4.28. The summed E-state index contributed by atoms with van der Waals surface area (Å²) < 4.78 is 14.1. The van der Waals surface area contributed by atoms with Crippen molar-refractivity contribution >= 4 is 11.6 Å². The van der Waals surface area contributed by atoms with Gasteiger partial charge in [-0.1, -0.05) is 24.6 Å². The summed E-state index contributed by atoms with van der Waals surface area (Å²) in [4.78, 5) is 8.42. The van der Waals surface area contributed by atoms with Crippen LogP contribution in [0.2, 0.25) is 5.15 Å². The maximum atomic E-state index is 14.1. The molecule has 0 fully saturated rings. The van der Waals surface area contributed by atoms with E-state index in [4.69, 9.17) is 11.6 Å². The van der Waals surface area contributed by atoms with E-state index in [0.717, 1.165) is 11.1 Å². The molecule has 4 heteroatoms. The van der Waals surface area contributed by atoms with Gasteiger partial charge in [-0.15, -0.1) is 0 Å². The van der Waals surface area contributed by atoms with E-state index < -0.39 is 0 Å². The van der Waals surface area contributed by atoms with Crippen LogP contribution < -0.4 is 0 Å². The van der Waals surface area contributed by atoms with Crippen molar-refractivity contribution in [3.05, 3.63) is 46.1 Å². The molecule has 0 radical (unpaired) electrons. The first-order chi connectivity index (χ1) is 8.51. The third kappa shape index (κ3) is 2.51. The Morgan fingerprint density at radius 1 is 1.17 bits per heavy atom. The molecule has 0 aliphatic heterocycles. The summed E-state index contributed by atoms with van der Waals surface area (Å²) in [5.41, 5.74) is 2.79. The van der Waals surface area contributed by atoms with Crippen molar-refractivity contribution in [2.24, 2.45) is 0 Å². The van der Waals surface area contributed by atoms with Crippen molar-refractivity contribution < 1.29 is 4.39 Å². The van der Waals surface area contributed by atoms with Gasteiger partial charge in [0, 0.05) is 18.1 Å². The van der Waals surface area contributed by atoms with E-state index >= 15 is 0 Å². The molecule has 2 nitrogen and oxygen atoms in total. The monoisotopic (exact) mass is 264 g/mol. The van der Waals surface area contributed by atoms with E-state index in [9.17, 15) is 4.39 Å². The molecule has 0 saturated heterocycles. The van der Waals surface area contributed by atoms with E-state index in [1.807, 2.05) is 26.8 Å². The first kappa shape index (κ1) is 13.0. The molecule has 0 saturated carbocycles. The Morgan fingerprint density at radius 2 is 1.89 bits per heavy atom. The summed E-state index contributed by atoms with van der Waals surface area (Å²) in [6.07, 6.45) is 0.667. The van der Waals surface area contributed by atoms with Crippen molar-refractivity contribution in [1.29, 1.82) is 0 Å². The summed E-state index contributed by atoms with van der Waals surface area (Å²) in [6.45, 7) is 5.67. The third-order valence-corrected chi connectivity index (χ3v) is 2.94. The molecule has 1 aromatic carbocycles. The standard InChI is InChI=1S/C14H14ClFN2/c1-4-13-17-11(7-12(15)18-13)14-9(3)5-8(2)6-10(14)16/h5-7H,4H2,1-3H3. The average molecular weight is 265 g/mol. The van der Waals surface area contributed by atoms with Crippen LogP contribution in [-0.2, 0) is 6.42 Å². The topological polar surface area (TPSA) is 25.8 Å². The summed E-state index contributed by atoms with van der Waals surface area (Å²) >= 11 is 5.94. The normalized spacial score (nSPS) is 10.7. The number of hydrogen-bond acceptors (Lipinski definition) is 2. The van der Waals surface area contributed by atoms with E-state index in [1.54, 1.807) is 6.07 Å². The second-order valence-corrected chi connectivity index (χ2v) is 4.67. The molecule has 1 heterocycles. The van der Waals surface area contributed by atoms with Gasteiger partial charge in [0.2, 0.25) is 0 Å². The van der Waals surface area contributed by atoms with Gasteiger partial charge < -0.3 is 0 Å². The SMILES string of the molecule is CCc1nc(Cl)cc(-c2c(C)cc(C)cc2F)n1. The highest BCUT2D eigenvalue weighted by Crippen LogP contribution is 2.27. The first-order valence-electron chi connectivity index (χ1n) is 5.82. The number of aromatic nitrogens is 2. The Bertz CT molecular complexity index is 573. The number of hydrogen-bond donors (Lipinski definition) is 0. The molecule has 0 spiro atoms. The number of aryl methyl sites for hydroxylation is 3. The van der Waals surface area contributed by atoms with Gasteiger partial charge >= 0.3 is 0 Å². The summed E-state index contributed by atoms with van der Waals surface area (Å²) in [6, 6.07) is 5.03. The molecule has 1 aromatic heterocycles. The summed E-state index contributed by atoms with van der Waals surface area (Å²) in [7, 11) is 0. The van der Waals surface area contributed by atoms with Crippen molar-refractivity contribution in [3.63, 3.8) is 0 Å². The first-order valence-corrected chi connectivity index (χ1v) is 6.19. The lowest BCUT2D eigenvalue weighted by atomic mass is 10.0. The van der Waals surface area contributed by atoms with Gasteiger partial charge in [0.1, 0.15) is 16.8 Å². The van der Waals surface area contributed by atoms with Gasteiger partial charge in [0.05, 0.1) is 5.69 Å². The molecule has 0 amide bonds. The minimum Gasteiger partial charge on any atom is -0.233 e. The zero-order valence-corrected chi connectivity index (χ0v) is 11.3. The molecule has 2 rings (SSSR count). The maximum absolute atomic E-state index is 14.1. The van der Waals surface area contributed by atoms with Crippen LogP contribution in [0.25, 0.3) is 11.3 Å². The molecular formula is C14H14ClFN2. The highest BCUT2D eigenvalue weighted by Gasteiger charge is 2.12. The van der Waals surface area contributed by atoms with Crippen LogP contribution in [0.3, 0.4) is 0 Å². The fraction of sp³-hybridized carbons (Fsp3) is 0.286. The van der Waals surface area contributed by atoms with Gasteiger partial charge in [-0.3, -0.25) is 0 Å². The molecule has 0 atom stereocenters. The van der Waals surface area contributed by atoms with Crippen LogP contribution in [0, 0.1) is 19.7 Å². The lowest BCUT2D eigenvalue weighted by Gasteiger charge is -2.09. The Balaban J connectivity index is 2.65. The fourth-order valence-corrected chi connectivity index (χ4v) is 2.19. The highest BCUT2D eigenvalue weighted by molar-refractivity contribution is 6.29. The maximum Gasteiger partial charge on any atom is 0.133 e. The molecule has 0 N–H and O–H groups in total. The molecule has 0 aliphatic rings. The molecule has 0 unspecified atom stereocenters. The smallest absolute Gasteiger partial charge is 0.133 e. The van der Waals surface area contributed by atoms with E-state index in [0.29, 0.717) is 28.7 Å². The Kier molecular flexibility index (Phi) is 3.62. The predicted molar refractivity (Wildman–Crippen MR) is 71.3 cm³/mol. The van der Waals surface area contributed by atoms with Crippen LogP contribution in [0.1, 0.15) is 23.9 Å². The number of rotatable bonds is 2. The molecule has 18 heavy (non-hydrogen) atoms. The van der Waals surface area contributed by atoms with Crippen molar-refractivity contribution in [2.75, 3.05) is 0 Å². The molecule has 0 aliphatic carbocycles. The quantitative estimate of drug-likeness (QED) is 0.763. The second kappa shape index (κ2) is 5.02. The lowest BCUT2D eigenvalue weighted by Crippen LogP contribution is -1.99. The Morgan fingerprint density at radius 3 is 2.50 bits per heavy atom. The van der Waals surface area contributed by atoms with Crippen molar-refractivity contribution in [2.45, 2.75) is 27.2 Å².